The maximum Gasteiger partial charge on any atom is 0.460 e. The van der Waals surface area contributed by atoms with Gasteiger partial charge in [-0.15, -0.1) is 0 Å². The molecule has 0 bridgehead atoms. The minimum atomic E-state index is -6.95. The number of anilines is 1. The number of nitrogens with two attached hydrogens (primary N) is 1. The molecule has 0 saturated carbocycles. The number of nitrogens with zero attached hydrogens (tertiary/aromatic N) is 1. The molecular formula is C9H5F9N2. The van der Waals surface area contributed by atoms with Crippen molar-refractivity contribution in [2.45, 2.75) is 23.9 Å². The molecule has 2 N–H and O–H groups in total. The van der Waals surface area contributed by atoms with E-state index >= 15 is 0 Å². The van der Waals surface area contributed by atoms with Gasteiger partial charge in [0.05, 0.1) is 5.56 Å². The van der Waals surface area contributed by atoms with E-state index in [1.807, 2.05) is 0 Å². The van der Waals surface area contributed by atoms with Crippen LogP contribution in [-0.2, 0) is 5.92 Å². The van der Waals surface area contributed by atoms with Gasteiger partial charge < -0.3 is 5.73 Å². The first-order chi connectivity index (χ1) is 8.77. The second kappa shape index (κ2) is 4.42. The van der Waals surface area contributed by atoms with Crippen LogP contribution in [0.4, 0.5) is 45.3 Å². The van der Waals surface area contributed by atoms with Crippen molar-refractivity contribution in [2.75, 3.05) is 5.73 Å². The molecule has 2 nitrogen and oxygen atoms in total. The number of alkyl halides is 9. The standard InChI is InChI=1S/C9H5F9N2/c10-6(11,4-2-1-3-20-5(4)19)7(12,13)8(14,15)9(16,17)18/h1-3H,(H2,19,20). The fraction of sp³-hybridized carbons (Fsp3) is 0.444. The Morgan fingerprint density at radius 3 is 1.75 bits per heavy atom. The SMILES string of the molecule is Nc1ncccc1C(F)(F)C(F)(F)C(F)(F)C(F)(F)F. The summed E-state index contributed by atoms with van der Waals surface area (Å²) in [4.78, 5) is 2.94. The molecule has 0 aliphatic rings. The minimum absolute atomic E-state index is 0.183. The Balaban J connectivity index is 3.44. The average molecular weight is 312 g/mol. The van der Waals surface area contributed by atoms with E-state index in [9.17, 15) is 39.5 Å². The molecule has 11 heteroatoms. The maximum absolute atomic E-state index is 13.4. The molecule has 1 heterocycles. The summed E-state index contributed by atoms with van der Waals surface area (Å²) in [6.07, 6.45) is -6.09. The predicted octanol–water partition coefficient (Wildman–Crippen LogP) is 3.59. The zero-order valence-corrected chi connectivity index (χ0v) is 9.16. The Morgan fingerprint density at radius 2 is 1.35 bits per heavy atom. The summed E-state index contributed by atoms with van der Waals surface area (Å²) in [5.41, 5.74) is 2.88. The smallest absolute Gasteiger partial charge is 0.383 e. The summed E-state index contributed by atoms with van der Waals surface area (Å²) >= 11 is 0. The van der Waals surface area contributed by atoms with Crippen LogP contribution >= 0.6 is 0 Å². The van der Waals surface area contributed by atoms with Gasteiger partial charge in [-0.25, -0.2) is 4.98 Å². The average Bonchev–Trinajstić information content (AvgIpc) is 2.27. The van der Waals surface area contributed by atoms with Crippen molar-refractivity contribution < 1.29 is 39.5 Å². The van der Waals surface area contributed by atoms with Crippen LogP contribution in [0.1, 0.15) is 5.56 Å². The molecule has 20 heavy (non-hydrogen) atoms. The second-order valence-corrected chi connectivity index (χ2v) is 3.66. The summed E-state index contributed by atoms with van der Waals surface area (Å²) in [5, 5.41) is 0. The highest BCUT2D eigenvalue weighted by Gasteiger charge is 2.82. The molecule has 1 aromatic heterocycles. The molecule has 0 aromatic carbocycles. The number of rotatable bonds is 3. The van der Waals surface area contributed by atoms with Gasteiger partial charge in [0.15, 0.2) is 0 Å². The first kappa shape index (κ1) is 16.4. The van der Waals surface area contributed by atoms with Gasteiger partial charge in [-0.3, -0.25) is 0 Å². The lowest BCUT2D eigenvalue weighted by atomic mass is 9.97. The van der Waals surface area contributed by atoms with Gasteiger partial charge in [-0.1, -0.05) is 0 Å². The van der Waals surface area contributed by atoms with E-state index in [0.29, 0.717) is 6.07 Å². The fourth-order valence-electron chi connectivity index (χ4n) is 1.23. The lowest BCUT2D eigenvalue weighted by molar-refractivity contribution is -0.399. The molecule has 1 rings (SSSR count). The van der Waals surface area contributed by atoms with Crippen molar-refractivity contribution in [1.82, 2.24) is 4.98 Å². The van der Waals surface area contributed by atoms with E-state index in [-0.39, 0.29) is 6.07 Å². The molecule has 0 fully saturated rings. The molecule has 0 spiro atoms. The number of pyridine rings is 1. The topological polar surface area (TPSA) is 38.9 Å². The molecular weight excluding hydrogens is 307 g/mol. The van der Waals surface area contributed by atoms with Crippen LogP contribution in [0.3, 0.4) is 0 Å². The quantitative estimate of drug-likeness (QED) is 0.866. The molecule has 0 atom stereocenters. The Morgan fingerprint density at radius 1 is 0.850 bits per heavy atom. The van der Waals surface area contributed by atoms with E-state index in [0.717, 1.165) is 6.20 Å². The van der Waals surface area contributed by atoms with Gasteiger partial charge in [0.2, 0.25) is 0 Å². The highest BCUT2D eigenvalue weighted by Crippen LogP contribution is 2.57. The molecule has 0 saturated heterocycles. The van der Waals surface area contributed by atoms with Gasteiger partial charge in [-0.05, 0) is 12.1 Å². The van der Waals surface area contributed by atoms with Gasteiger partial charge in [0.25, 0.3) is 0 Å². The second-order valence-electron chi connectivity index (χ2n) is 3.66. The molecule has 0 unspecified atom stereocenters. The number of nitrogen functional groups attached to an aromatic ring is 1. The van der Waals surface area contributed by atoms with Crippen molar-refractivity contribution in [3.63, 3.8) is 0 Å². The van der Waals surface area contributed by atoms with Gasteiger partial charge in [0, 0.05) is 6.20 Å². The number of halogens is 9. The van der Waals surface area contributed by atoms with Crippen LogP contribution < -0.4 is 5.73 Å². The van der Waals surface area contributed by atoms with Crippen molar-refractivity contribution in [3.8, 4) is 0 Å². The molecule has 0 aliphatic carbocycles. The monoisotopic (exact) mass is 312 g/mol. The van der Waals surface area contributed by atoms with Crippen molar-refractivity contribution in [2.24, 2.45) is 0 Å². The summed E-state index contributed by atoms with van der Waals surface area (Å²) in [6.45, 7) is 0. The Labute approximate surface area is 105 Å². The maximum atomic E-state index is 13.4. The summed E-state index contributed by atoms with van der Waals surface area (Å²) in [6, 6.07) is 0.824. The predicted molar refractivity (Wildman–Crippen MR) is 48.5 cm³/mol. The third kappa shape index (κ3) is 2.14. The minimum Gasteiger partial charge on any atom is -0.383 e. The number of hydrogen-bond donors (Lipinski definition) is 1. The Kier molecular flexibility index (Phi) is 3.62. The third-order valence-electron chi connectivity index (χ3n) is 2.32. The Hall–Kier alpha value is -1.68. The van der Waals surface area contributed by atoms with Crippen LogP contribution in [0.2, 0.25) is 0 Å². The van der Waals surface area contributed by atoms with E-state index < -0.39 is 35.3 Å². The molecule has 0 aliphatic heterocycles. The summed E-state index contributed by atoms with van der Waals surface area (Å²) in [7, 11) is 0. The van der Waals surface area contributed by atoms with Gasteiger partial charge >= 0.3 is 23.9 Å². The molecule has 114 valence electrons. The molecule has 1 aromatic rings. The third-order valence-corrected chi connectivity index (χ3v) is 2.32. The van der Waals surface area contributed by atoms with Crippen LogP contribution in [-0.4, -0.2) is 23.0 Å². The van der Waals surface area contributed by atoms with Crippen molar-refractivity contribution in [3.05, 3.63) is 23.9 Å². The largest absolute Gasteiger partial charge is 0.460 e. The zero-order valence-electron chi connectivity index (χ0n) is 9.16. The lowest BCUT2D eigenvalue weighted by Gasteiger charge is -2.33. The van der Waals surface area contributed by atoms with E-state index in [4.69, 9.17) is 5.73 Å². The molecule has 0 amide bonds. The van der Waals surface area contributed by atoms with Crippen LogP contribution in [0, 0.1) is 0 Å². The summed E-state index contributed by atoms with van der Waals surface area (Å²) in [5.74, 6) is -20.8. The Bertz CT molecular complexity index is 494. The van der Waals surface area contributed by atoms with Crippen LogP contribution in [0.15, 0.2) is 18.3 Å². The lowest BCUT2D eigenvalue weighted by Crippen LogP contribution is -2.59. The van der Waals surface area contributed by atoms with Crippen molar-refractivity contribution >= 4 is 5.82 Å². The van der Waals surface area contributed by atoms with Crippen LogP contribution in [0.5, 0.6) is 0 Å². The van der Waals surface area contributed by atoms with Gasteiger partial charge in [-0.2, -0.15) is 39.5 Å². The number of hydrogen-bond acceptors (Lipinski definition) is 2. The normalized spacial score (nSPS) is 14.4. The van der Waals surface area contributed by atoms with E-state index in [1.54, 1.807) is 0 Å². The first-order valence-corrected chi connectivity index (χ1v) is 4.68. The highest BCUT2D eigenvalue weighted by molar-refractivity contribution is 5.43. The van der Waals surface area contributed by atoms with E-state index in [2.05, 4.69) is 4.98 Å². The van der Waals surface area contributed by atoms with Crippen molar-refractivity contribution in [1.29, 1.82) is 0 Å². The number of aromatic nitrogens is 1. The fourth-order valence-corrected chi connectivity index (χ4v) is 1.23. The van der Waals surface area contributed by atoms with Crippen LogP contribution in [0.25, 0.3) is 0 Å². The van der Waals surface area contributed by atoms with E-state index in [1.165, 1.54) is 0 Å². The summed E-state index contributed by atoms with van der Waals surface area (Å²) < 4.78 is 114. The zero-order chi connectivity index (χ0) is 16.0. The first-order valence-electron chi connectivity index (χ1n) is 4.68. The highest BCUT2D eigenvalue weighted by atomic mass is 19.4. The van der Waals surface area contributed by atoms with Gasteiger partial charge in [0.1, 0.15) is 5.82 Å². The molecule has 0 radical (unpaired) electrons.